The Labute approximate surface area is 94.2 Å². The van der Waals surface area contributed by atoms with Crippen molar-refractivity contribution in [1.29, 1.82) is 0 Å². The third kappa shape index (κ3) is 2.94. The minimum absolute atomic E-state index is 0.808. The van der Waals surface area contributed by atoms with Gasteiger partial charge in [-0.05, 0) is 57.2 Å². The second kappa shape index (κ2) is 5.31. The summed E-state index contributed by atoms with van der Waals surface area (Å²) in [5.74, 6) is 1.76. The lowest BCUT2D eigenvalue weighted by atomic mass is 9.84. The Morgan fingerprint density at radius 1 is 1.13 bits per heavy atom. The van der Waals surface area contributed by atoms with Crippen molar-refractivity contribution in [2.75, 3.05) is 19.6 Å². The van der Waals surface area contributed by atoms with Gasteiger partial charge in [-0.2, -0.15) is 0 Å². The maximum Gasteiger partial charge on any atom is 0.00977 e. The normalized spacial score (nSPS) is 35.6. The summed E-state index contributed by atoms with van der Waals surface area (Å²) in [4.78, 5) is 2.74. The van der Waals surface area contributed by atoms with Gasteiger partial charge in [-0.3, -0.25) is 0 Å². The van der Waals surface area contributed by atoms with Crippen LogP contribution in [0.1, 0.15) is 45.4 Å². The van der Waals surface area contributed by atoms with Crippen LogP contribution in [0, 0.1) is 11.8 Å². The average Bonchev–Trinajstić information content (AvgIpc) is 2.29. The van der Waals surface area contributed by atoms with Gasteiger partial charge in [0, 0.05) is 6.04 Å². The van der Waals surface area contributed by atoms with Crippen LogP contribution in [0.5, 0.6) is 0 Å². The van der Waals surface area contributed by atoms with E-state index in [-0.39, 0.29) is 0 Å². The molecule has 0 aromatic carbocycles. The highest BCUT2D eigenvalue weighted by Crippen LogP contribution is 2.29. The molecule has 2 heteroatoms. The summed E-state index contributed by atoms with van der Waals surface area (Å²) in [6, 6.07) is 0.896. The van der Waals surface area contributed by atoms with E-state index in [1.807, 2.05) is 0 Å². The first-order valence-electron chi connectivity index (χ1n) is 6.73. The number of likely N-dealkylation sites (tertiary alicyclic amines) is 1. The molecule has 1 aliphatic carbocycles. The second-order valence-corrected chi connectivity index (χ2v) is 5.64. The van der Waals surface area contributed by atoms with E-state index in [0.29, 0.717) is 0 Å². The Morgan fingerprint density at radius 2 is 1.87 bits per heavy atom. The van der Waals surface area contributed by atoms with E-state index in [4.69, 9.17) is 5.73 Å². The quantitative estimate of drug-likeness (QED) is 0.757. The van der Waals surface area contributed by atoms with E-state index in [0.717, 1.165) is 24.4 Å². The SMILES string of the molecule is CC1CCCC(N2CCC(CN)CC2)C1. The molecule has 1 aliphatic heterocycles. The molecule has 0 bridgehead atoms. The van der Waals surface area contributed by atoms with Gasteiger partial charge in [-0.1, -0.05) is 19.8 Å². The van der Waals surface area contributed by atoms with Crippen molar-refractivity contribution in [3.63, 3.8) is 0 Å². The van der Waals surface area contributed by atoms with Gasteiger partial charge in [0.15, 0.2) is 0 Å². The molecular weight excluding hydrogens is 184 g/mol. The monoisotopic (exact) mass is 210 g/mol. The molecule has 2 fully saturated rings. The van der Waals surface area contributed by atoms with Gasteiger partial charge in [-0.25, -0.2) is 0 Å². The number of nitrogens with two attached hydrogens (primary N) is 1. The Bertz CT molecular complexity index is 185. The maximum atomic E-state index is 5.73. The van der Waals surface area contributed by atoms with Gasteiger partial charge in [0.1, 0.15) is 0 Å². The van der Waals surface area contributed by atoms with Crippen molar-refractivity contribution in [2.24, 2.45) is 17.6 Å². The lowest BCUT2D eigenvalue weighted by molar-refractivity contribution is 0.0943. The van der Waals surface area contributed by atoms with Crippen molar-refractivity contribution in [3.8, 4) is 0 Å². The van der Waals surface area contributed by atoms with E-state index in [2.05, 4.69) is 11.8 Å². The zero-order valence-electron chi connectivity index (χ0n) is 10.1. The Morgan fingerprint density at radius 3 is 2.47 bits per heavy atom. The van der Waals surface area contributed by atoms with Gasteiger partial charge in [0.2, 0.25) is 0 Å². The minimum atomic E-state index is 0.808. The summed E-state index contributed by atoms with van der Waals surface area (Å²) in [6.07, 6.45) is 8.45. The first-order chi connectivity index (χ1) is 7.29. The molecule has 2 unspecified atom stereocenters. The standard InChI is InChI=1S/C13H26N2/c1-11-3-2-4-13(9-11)15-7-5-12(10-14)6-8-15/h11-13H,2-10,14H2,1H3. The Balaban J connectivity index is 1.79. The molecule has 0 radical (unpaired) electrons. The molecule has 2 nitrogen and oxygen atoms in total. The van der Waals surface area contributed by atoms with Crippen molar-refractivity contribution >= 4 is 0 Å². The molecule has 1 heterocycles. The molecule has 2 atom stereocenters. The van der Waals surface area contributed by atoms with Crippen LogP contribution >= 0.6 is 0 Å². The van der Waals surface area contributed by atoms with Crippen molar-refractivity contribution in [1.82, 2.24) is 4.90 Å². The number of hydrogen-bond acceptors (Lipinski definition) is 2. The highest BCUT2D eigenvalue weighted by atomic mass is 15.2. The first kappa shape index (κ1) is 11.4. The zero-order valence-corrected chi connectivity index (χ0v) is 10.1. The van der Waals surface area contributed by atoms with Gasteiger partial charge < -0.3 is 10.6 Å². The van der Waals surface area contributed by atoms with Crippen molar-refractivity contribution in [2.45, 2.75) is 51.5 Å². The summed E-state index contributed by atoms with van der Waals surface area (Å²) in [6.45, 7) is 5.92. The summed E-state index contributed by atoms with van der Waals surface area (Å²) in [5.41, 5.74) is 5.73. The molecule has 0 amide bonds. The fourth-order valence-corrected chi connectivity index (χ4v) is 3.29. The lowest BCUT2D eigenvalue weighted by Gasteiger charge is -2.40. The van der Waals surface area contributed by atoms with Gasteiger partial charge >= 0.3 is 0 Å². The molecule has 0 aromatic rings. The number of hydrogen-bond donors (Lipinski definition) is 1. The van der Waals surface area contributed by atoms with Crippen LogP contribution in [0.2, 0.25) is 0 Å². The van der Waals surface area contributed by atoms with Crippen LogP contribution in [-0.4, -0.2) is 30.6 Å². The summed E-state index contributed by atoms with van der Waals surface area (Å²) < 4.78 is 0. The molecule has 15 heavy (non-hydrogen) atoms. The lowest BCUT2D eigenvalue weighted by Crippen LogP contribution is -2.44. The summed E-state index contributed by atoms with van der Waals surface area (Å²) in [7, 11) is 0. The van der Waals surface area contributed by atoms with Crippen LogP contribution in [0.4, 0.5) is 0 Å². The number of nitrogens with zero attached hydrogens (tertiary/aromatic N) is 1. The van der Waals surface area contributed by atoms with Crippen molar-refractivity contribution < 1.29 is 0 Å². The fourth-order valence-electron chi connectivity index (χ4n) is 3.29. The molecule has 2 aliphatic rings. The molecule has 1 saturated carbocycles. The molecule has 0 spiro atoms. The third-order valence-electron chi connectivity index (χ3n) is 4.41. The van der Waals surface area contributed by atoms with E-state index < -0.39 is 0 Å². The van der Waals surface area contributed by atoms with Crippen LogP contribution in [-0.2, 0) is 0 Å². The minimum Gasteiger partial charge on any atom is -0.330 e. The van der Waals surface area contributed by atoms with Crippen LogP contribution in [0.3, 0.4) is 0 Å². The maximum absolute atomic E-state index is 5.73. The van der Waals surface area contributed by atoms with E-state index >= 15 is 0 Å². The molecule has 2 rings (SSSR count). The van der Waals surface area contributed by atoms with Crippen LogP contribution in [0.25, 0.3) is 0 Å². The van der Waals surface area contributed by atoms with Crippen LogP contribution in [0.15, 0.2) is 0 Å². The van der Waals surface area contributed by atoms with Gasteiger partial charge in [0.25, 0.3) is 0 Å². The smallest absolute Gasteiger partial charge is 0.00977 e. The number of rotatable bonds is 2. The second-order valence-electron chi connectivity index (χ2n) is 5.64. The Kier molecular flexibility index (Phi) is 4.04. The highest BCUT2D eigenvalue weighted by molar-refractivity contribution is 4.82. The fraction of sp³-hybridized carbons (Fsp3) is 1.00. The average molecular weight is 210 g/mol. The third-order valence-corrected chi connectivity index (χ3v) is 4.41. The summed E-state index contributed by atoms with van der Waals surface area (Å²) >= 11 is 0. The van der Waals surface area contributed by atoms with Crippen LogP contribution < -0.4 is 5.73 Å². The molecule has 0 aromatic heterocycles. The van der Waals surface area contributed by atoms with E-state index in [1.54, 1.807) is 0 Å². The number of piperidine rings is 1. The molecule has 88 valence electrons. The topological polar surface area (TPSA) is 29.3 Å². The molecule has 2 N–H and O–H groups in total. The van der Waals surface area contributed by atoms with E-state index in [1.165, 1.54) is 51.6 Å². The van der Waals surface area contributed by atoms with Gasteiger partial charge in [0.05, 0.1) is 0 Å². The first-order valence-corrected chi connectivity index (χ1v) is 6.73. The van der Waals surface area contributed by atoms with E-state index in [9.17, 15) is 0 Å². The molecule has 1 saturated heterocycles. The van der Waals surface area contributed by atoms with Crippen molar-refractivity contribution in [3.05, 3.63) is 0 Å². The predicted molar refractivity (Wildman–Crippen MR) is 64.8 cm³/mol. The predicted octanol–water partition coefficient (Wildman–Crippen LogP) is 2.24. The highest BCUT2D eigenvalue weighted by Gasteiger charge is 2.27. The summed E-state index contributed by atoms with van der Waals surface area (Å²) in [5, 5.41) is 0. The molecular formula is C13H26N2. The Hall–Kier alpha value is -0.0800. The zero-order chi connectivity index (χ0) is 10.7. The largest absolute Gasteiger partial charge is 0.330 e. The van der Waals surface area contributed by atoms with Gasteiger partial charge in [-0.15, -0.1) is 0 Å².